The van der Waals surface area contributed by atoms with Gasteiger partial charge in [-0.15, -0.1) is 0 Å². The lowest BCUT2D eigenvalue weighted by atomic mass is 9.92. The average Bonchev–Trinajstić information content (AvgIpc) is 1.93. The van der Waals surface area contributed by atoms with Gasteiger partial charge in [-0.2, -0.15) is 0 Å². The van der Waals surface area contributed by atoms with Crippen molar-refractivity contribution in [1.82, 2.24) is 5.32 Å². The molecule has 1 fully saturated rings. The summed E-state index contributed by atoms with van der Waals surface area (Å²) in [5, 5.41) is 12.6. The van der Waals surface area contributed by atoms with Crippen molar-refractivity contribution in [2.24, 2.45) is 5.92 Å². The molecule has 3 heteroatoms. The van der Waals surface area contributed by atoms with E-state index < -0.39 is 0 Å². The van der Waals surface area contributed by atoms with Crippen molar-refractivity contribution < 1.29 is 9.90 Å². The fourth-order valence-electron chi connectivity index (χ4n) is 1.49. The van der Waals surface area contributed by atoms with E-state index in [1.54, 1.807) is 6.92 Å². The van der Waals surface area contributed by atoms with Crippen molar-refractivity contribution in [3.63, 3.8) is 0 Å². The molecule has 0 amide bonds. The maximum absolute atomic E-state index is 10.7. The second-order valence-corrected chi connectivity index (χ2v) is 3.23. The number of nitrogens with one attached hydrogen (secondary N) is 1. The van der Waals surface area contributed by atoms with Gasteiger partial charge in [0.1, 0.15) is 5.78 Å². The smallest absolute Gasteiger partial charge is 0.130 e. The molecule has 1 saturated heterocycles. The minimum Gasteiger partial charge on any atom is -0.393 e. The van der Waals surface area contributed by atoms with Crippen LogP contribution in [0.3, 0.4) is 0 Å². The fourth-order valence-corrected chi connectivity index (χ4v) is 1.49. The highest BCUT2D eigenvalue weighted by Gasteiger charge is 2.23. The van der Waals surface area contributed by atoms with Gasteiger partial charge in [0, 0.05) is 18.9 Å². The number of Topliss-reactive ketones (excluding diaryl/α,β-unsaturated/α-hetero) is 1. The normalized spacial score (nSPS) is 31.8. The predicted molar refractivity (Wildman–Crippen MR) is 42.3 cm³/mol. The summed E-state index contributed by atoms with van der Waals surface area (Å²) >= 11 is 0. The Balaban J connectivity index is 2.35. The lowest BCUT2D eigenvalue weighted by Crippen LogP contribution is -2.40. The van der Waals surface area contributed by atoms with Gasteiger partial charge < -0.3 is 15.2 Å². The number of carbonyl (C=O) groups is 1. The molecule has 11 heavy (non-hydrogen) atoms. The van der Waals surface area contributed by atoms with E-state index in [0.29, 0.717) is 6.42 Å². The van der Waals surface area contributed by atoms with Crippen LogP contribution in [0, 0.1) is 5.92 Å². The van der Waals surface area contributed by atoms with Gasteiger partial charge in [-0.1, -0.05) is 0 Å². The highest BCUT2D eigenvalue weighted by molar-refractivity contribution is 5.75. The molecule has 2 unspecified atom stereocenters. The first kappa shape index (κ1) is 8.68. The molecule has 0 aliphatic carbocycles. The number of carbonyl (C=O) groups excluding carboxylic acids is 1. The van der Waals surface area contributed by atoms with E-state index in [0.717, 1.165) is 19.5 Å². The van der Waals surface area contributed by atoms with Crippen LogP contribution in [0.25, 0.3) is 0 Å². The van der Waals surface area contributed by atoms with Crippen LogP contribution in [-0.4, -0.2) is 30.1 Å². The summed E-state index contributed by atoms with van der Waals surface area (Å²) in [6.45, 7) is 3.22. The molecule has 1 aliphatic rings. The van der Waals surface area contributed by atoms with Crippen LogP contribution in [0.15, 0.2) is 0 Å². The van der Waals surface area contributed by atoms with Gasteiger partial charge in [0.2, 0.25) is 0 Å². The molecular weight excluding hydrogens is 142 g/mol. The Bertz CT molecular complexity index is 147. The van der Waals surface area contributed by atoms with Crippen molar-refractivity contribution in [2.75, 3.05) is 13.1 Å². The Kier molecular flexibility index (Phi) is 3.02. The van der Waals surface area contributed by atoms with E-state index in [-0.39, 0.29) is 17.8 Å². The Hall–Kier alpha value is -0.410. The minimum atomic E-state index is -0.278. The lowest BCUT2D eigenvalue weighted by molar-refractivity contribution is -0.119. The number of piperidine rings is 1. The highest BCUT2D eigenvalue weighted by atomic mass is 16.3. The van der Waals surface area contributed by atoms with Gasteiger partial charge in [-0.05, 0) is 19.9 Å². The average molecular weight is 157 g/mol. The number of rotatable bonds is 2. The summed E-state index contributed by atoms with van der Waals surface area (Å²) in [7, 11) is 0. The van der Waals surface area contributed by atoms with Crippen LogP contribution in [0.2, 0.25) is 0 Å². The zero-order chi connectivity index (χ0) is 8.27. The van der Waals surface area contributed by atoms with Gasteiger partial charge in [0.25, 0.3) is 0 Å². The lowest BCUT2D eigenvalue weighted by Gasteiger charge is -2.27. The van der Waals surface area contributed by atoms with E-state index in [1.807, 2.05) is 0 Å². The molecule has 2 atom stereocenters. The van der Waals surface area contributed by atoms with Crippen molar-refractivity contribution >= 4 is 5.78 Å². The van der Waals surface area contributed by atoms with E-state index in [2.05, 4.69) is 5.32 Å². The van der Waals surface area contributed by atoms with Crippen LogP contribution in [0.4, 0.5) is 0 Å². The summed E-state index contributed by atoms with van der Waals surface area (Å²) in [6.07, 6.45) is 1.01. The maximum atomic E-state index is 10.7. The first-order chi connectivity index (χ1) is 5.20. The summed E-state index contributed by atoms with van der Waals surface area (Å²) in [6, 6.07) is 0. The molecule has 0 spiro atoms. The standard InChI is InChI=1S/C8H15NO2/c1-6(10)4-7-5-9-3-2-8(7)11/h7-9,11H,2-5H2,1H3. The monoisotopic (exact) mass is 157 g/mol. The third-order valence-corrected chi connectivity index (χ3v) is 2.12. The zero-order valence-electron chi connectivity index (χ0n) is 6.84. The Morgan fingerprint density at radius 3 is 3.00 bits per heavy atom. The molecule has 1 aliphatic heterocycles. The van der Waals surface area contributed by atoms with E-state index in [4.69, 9.17) is 0 Å². The molecule has 1 heterocycles. The SMILES string of the molecule is CC(=O)CC1CNCCC1O. The second-order valence-electron chi connectivity index (χ2n) is 3.23. The van der Waals surface area contributed by atoms with E-state index in [1.165, 1.54) is 0 Å². The summed E-state index contributed by atoms with van der Waals surface area (Å²) in [5.74, 6) is 0.305. The molecule has 0 aromatic carbocycles. The molecule has 0 bridgehead atoms. The Morgan fingerprint density at radius 2 is 2.45 bits per heavy atom. The number of ketones is 1. The summed E-state index contributed by atoms with van der Waals surface area (Å²) < 4.78 is 0. The molecule has 64 valence electrons. The Labute approximate surface area is 66.8 Å². The molecule has 0 saturated carbocycles. The number of aliphatic hydroxyl groups is 1. The van der Waals surface area contributed by atoms with Gasteiger partial charge in [-0.25, -0.2) is 0 Å². The molecule has 2 N–H and O–H groups in total. The first-order valence-corrected chi connectivity index (χ1v) is 4.08. The van der Waals surface area contributed by atoms with Gasteiger partial charge in [0.15, 0.2) is 0 Å². The van der Waals surface area contributed by atoms with Crippen LogP contribution < -0.4 is 5.32 Å². The van der Waals surface area contributed by atoms with Gasteiger partial charge in [0.05, 0.1) is 6.10 Å². The molecule has 0 aromatic rings. The largest absolute Gasteiger partial charge is 0.393 e. The first-order valence-electron chi connectivity index (χ1n) is 4.08. The van der Waals surface area contributed by atoms with Crippen molar-refractivity contribution in [3.8, 4) is 0 Å². The number of hydrogen-bond acceptors (Lipinski definition) is 3. The van der Waals surface area contributed by atoms with E-state index >= 15 is 0 Å². The fraction of sp³-hybridized carbons (Fsp3) is 0.875. The third-order valence-electron chi connectivity index (χ3n) is 2.12. The summed E-state index contributed by atoms with van der Waals surface area (Å²) in [4.78, 5) is 10.7. The van der Waals surface area contributed by atoms with Crippen LogP contribution in [0.1, 0.15) is 19.8 Å². The third kappa shape index (κ3) is 2.60. The van der Waals surface area contributed by atoms with Crippen molar-refractivity contribution in [1.29, 1.82) is 0 Å². The molecule has 1 rings (SSSR count). The van der Waals surface area contributed by atoms with Crippen LogP contribution in [0.5, 0.6) is 0 Å². The van der Waals surface area contributed by atoms with Crippen molar-refractivity contribution in [2.45, 2.75) is 25.9 Å². The second kappa shape index (κ2) is 3.83. The van der Waals surface area contributed by atoms with Crippen LogP contribution in [-0.2, 0) is 4.79 Å². The number of aliphatic hydroxyl groups excluding tert-OH is 1. The minimum absolute atomic E-state index is 0.140. The number of hydrogen-bond donors (Lipinski definition) is 2. The molecular formula is C8H15NO2. The quantitative estimate of drug-likeness (QED) is 0.590. The predicted octanol–water partition coefficient (Wildman–Crippen LogP) is -0.0641. The van der Waals surface area contributed by atoms with Crippen molar-refractivity contribution in [3.05, 3.63) is 0 Å². The summed E-state index contributed by atoms with van der Waals surface area (Å²) in [5.41, 5.74) is 0. The zero-order valence-corrected chi connectivity index (χ0v) is 6.84. The highest BCUT2D eigenvalue weighted by Crippen LogP contribution is 2.14. The topological polar surface area (TPSA) is 49.3 Å². The van der Waals surface area contributed by atoms with Gasteiger partial charge in [-0.3, -0.25) is 0 Å². The molecule has 0 aromatic heterocycles. The maximum Gasteiger partial charge on any atom is 0.130 e. The van der Waals surface area contributed by atoms with Gasteiger partial charge >= 0.3 is 0 Å². The molecule has 0 radical (unpaired) electrons. The molecule has 3 nitrogen and oxygen atoms in total. The Morgan fingerprint density at radius 1 is 1.73 bits per heavy atom. The van der Waals surface area contributed by atoms with Crippen LogP contribution >= 0.6 is 0 Å². The van der Waals surface area contributed by atoms with E-state index in [9.17, 15) is 9.90 Å².